The molecule has 1 N–H and O–H groups in total. The molecule has 1 amide bonds. The first-order chi connectivity index (χ1) is 11.7. The van der Waals surface area contributed by atoms with E-state index in [4.69, 9.17) is 0 Å². The van der Waals surface area contributed by atoms with Gasteiger partial charge in [-0.3, -0.25) is 4.79 Å². The molecular weight excluding hydrogens is 322 g/mol. The van der Waals surface area contributed by atoms with E-state index in [1.165, 1.54) is 31.0 Å². The van der Waals surface area contributed by atoms with E-state index in [0.29, 0.717) is 11.8 Å². The largest absolute Gasteiger partial charge is 0.349 e. The fourth-order valence-corrected chi connectivity index (χ4v) is 3.83. The van der Waals surface area contributed by atoms with E-state index in [9.17, 15) is 4.79 Å². The minimum Gasteiger partial charge on any atom is -0.349 e. The van der Waals surface area contributed by atoms with Gasteiger partial charge in [0.25, 0.3) is 0 Å². The van der Waals surface area contributed by atoms with Crippen molar-refractivity contribution in [3.63, 3.8) is 0 Å². The summed E-state index contributed by atoms with van der Waals surface area (Å²) in [5.41, 5.74) is 1.10. The number of hydrogen-bond donors (Lipinski definition) is 1. The van der Waals surface area contributed by atoms with Gasteiger partial charge in [0.15, 0.2) is 0 Å². The maximum absolute atomic E-state index is 12.2. The van der Waals surface area contributed by atoms with Crippen molar-refractivity contribution in [2.45, 2.75) is 56.3 Å². The Morgan fingerprint density at radius 3 is 2.79 bits per heavy atom. The van der Waals surface area contributed by atoms with E-state index in [-0.39, 0.29) is 11.9 Å². The van der Waals surface area contributed by atoms with E-state index < -0.39 is 0 Å². The number of hydrogen-bond acceptors (Lipinski definition) is 5. The van der Waals surface area contributed by atoms with Crippen LogP contribution in [0, 0.1) is 0 Å². The number of amides is 1. The highest BCUT2D eigenvalue weighted by atomic mass is 32.2. The Morgan fingerprint density at radius 2 is 2.04 bits per heavy atom. The Labute approximate surface area is 146 Å². The second kappa shape index (κ2) is 8.28. The molecule has 0 saturated heterocycles. The third-order valence-electron chi connectivity index (χ3n) is 4.39. The lowest BCUT2D eigenvalue weighted by molar-refractivity contribution is -0.119. The smallest absolute Gasteiger partial charge is 0.230 e. The average molecular weight is 345 g/mol. The van der Waals surface area contributed by atoms with Crippen LogP contribution in [0.3, 0.4) is 0 Å². The molecule has 1 atom stereocenters. The Balaban J connectivity index is 1.52. The molecule has 2 aromatic rings. The zero-order valence-corrected chi connectivity index (χ0v) is 14.7. The molecular formula is C17H23N5OS. The van der Waals surface area contributed by atoms with Crippen molar-refractivity contribution in [3.8, 4) is 0 Å². The van der Waals surface area contributed by atoms with Crippen LogP contribution in [0.5, 0.6) is 0 Å². The lowest BCUT2D eigenvalue weighted by Gasteiger charge is -2.22. The zero-order valence-electron chi connectivity index (χ0n) is 13.9. The van der Waals surface area contributed by atoms with Crippen molar-refractivity contribution in [1.29, 1.82) is 0 Å². The van der Waals surface area contributed by atoms with Gasteiger partial charge in [0, 0.05) is 0 Å². The molecule has 0 spiro atoms. The van der Waals surface area contributed by atoms with Crippen LogP contribution in [0.25, 0.3) is 0 Å². The average Bonchev–Trinajstić information content (AvgIpc) is 3.10. The fourth-order valence-electron chi connectivity index (χ4n) is 3.07. The fraction of sp³-hybridized carbons (Fsp3) is 0.529. The molecule has 0 radical (unpaired) electrons. The molecule has 1 aromatic carbocycles. The van der Waals surface area contributed by atoms with Gasteiger partial charge in [-0.25, -0.2) is 4.68 Å². The molecule has 24 heavy (non-hydrogen) atoms. The first-order valence-corrected chi connectivity index (χ1v) is 9.47. The van der Waals surface area contributed by atoms with Crippen LogP contribution in [-0.2, 0) is 4.79 Å². The van der Waals surface area contributed by atoms with E-state index in [0.717, 1.165) is 23.6 Å². The van der Waals surface area contributed by atoms with Gasteiger partial charge in [-0.2, -0.15) is 0 Å². The lowest BCUT2D eigenvalue weighted by atomic mass is 9.96. The van der Waals surface area contributed by atoms with Gasteiger partial charge in [0.1, 0.15) is 0 Å². The number of rotatable bonds is 6. The van der Waals surface area contributed by atoms with Gasteiger partial charge in [-0.05, 0) is 35.8 Å². The normalized spacial score (nSPS) is 16.7. The summed E-state index contributed by atoms with van der Waals surface area (Å²) in [6, 6.07) is 10.3. The van der Waals surface area contributed by atoms with Gasteiger partial charge < -0.3 is 5.32 Å². The SMILES string of the molecule is CC(NC(=O)CSc1nnnn1C1CCCCC1)c1ccccc1. The van der Waals surface area contributed by atoms with Crippen molar-refractivity contribution in [2.75, 3.05) is 5.75 Å². The van der Waals surface area contributed by atoms with Gasteiger partial charge in [-0.1, -0.05) is 61.4 Å². The number of nitrogens with one attached hydrogen (secondary N) is 1. The maximum atomic E-state index is 12.2. The van der Waals surface area contributed by atoms with E-state index in [2.05, 4.69) is 20.8 Å². The summed E-state index contributed by atoms with van der Waals surface area (Å²) in [6.07, 6.45) is 5.99. The summed E-state index contributed by atoms with van der Waals surface area (Å²) >= 11 is 1.41. The Bertz CT molecular complexity index is 654. The highest BCUT2D eigenvalue weighted by Gasteiger charge is 2.21. The van der Waals surface area contributed by atoms with Crippen LogP contribution >= 0.6 is 11.8 Å². The Morgan fingerprint density at radius 1 is 1.29 bits per heavy atom. The van der Waals surface area contributed by atoms with Crippen molar-refractivity contribution in [2.24, 2.45) is 0 Å². The molecule has 1 saturated carbocycles. The molecule has 1 aromatic heterocycles. The summed E-state index contributed by atoms with van der Waals surface area (Å²) in [6.45, 7) is 1.99. The first-order valence-electron chi connectivity index (χ1n) is 8.49. The number of benzene rings is 1. The zero-order chi connectivity index (χ0) is 16.8. The lowest BCUT2D eigenvalue weighted by Crippen LogP contribution is -2.28. The Kier molecular flexibility index (Phi) is 5.85. The van der Waals surface area contributed by atoms with Crippen LogP contribution in [-0.4, -0.2) is 31.9 Å². The van der Waals surface area contributed by atoms with Crippen molar-refractivity contribution in [3.05, 3.63) is 35.9 Å². The molecule has 1 aliphatic rings. The number of carbonyl (C=O) groups is 1. The maximum Gasteiger partial charge on any atom is 0.230 e. The molecule has 1 fully saturated rings. The van der Waals surface area contributed by atoms with Gasteiger partial charge in [0.05, 0.1) is 17.8 Å². The van der Waals surface area contributed by atoms with Gasteiger partial charge in [0.2, 0.25) is 11.1 Å². The highest BCUT2D eigenvalue weighted by Crippen LogP contribution is 2.30. The summed E-state index contributed by atoms with van der Waals surface area (Å²) in [7, 11) is 0. The number of aromatic nitrogens is 4. The summed E-state index contributed by atoms with van der Waals surface area (Å²) in [4.78, 5) is 12.2. The molecule has 3 rings (SSSR count). The minimum atomic E-state index is -0.00589. The van der Waals surface area contributed by atoms with Crippen molar-refractivity contribution < 1.29 is 4.79 Å². The number of nitrogens with zero attached hydrogens (tertiary/aromatic N) is 4. The predicted octanol–water partition coefficient (Wildman–Crippen LogP) is 3.15. The molecule has 7 heteroatoms. The van der Waals surface area contributed by atoms with E-state index in [1.807, 2.05) is 41.9 Å². The second-order valence-corrected chi connectivity index (χ2v) is 7.13. The topological polar surface area (TPSA) is 72.7 Å². The summed E-state index contributed by atoms with van der Waals surface area (Å²) in [5.74, 6) is 0.319. The molecule has 1 heterocycles. The molecule has 1 unspecified atom stereocenters. The number of tetrazole rings is 1. The van der Waals surface area contributed by atoms with Gasteiger partial charge >= 0.3 is 0 Å². The number of thioether (sulfide) groups is 1. The monoisotopic (exact) mass is 345 g/mol. The molecule has 0 bridgehead atoms. The standard InChI is InChI=1S/C17H23N5OS/c1-13(14-8-4-2-5-9-14)18-16(23)12-24-17-19-20-21-22(17)15-10-6-3-7-11-15/h2,4-5,8-9,13,15H,3,6-7,10-12H2,1H3,(H,18,23). The number of carbonyl (C=O) groups excluding carboxylic acids is 1. The quantitative estimate of drug-likeness (QED) is 0.814. The second-order valence-electron chi connectivity index (χ2n) is 6.19. The first kappa shape index (κ1) is 17.0. The third kappa shape index (κ3) is 4.35. The van der Waals surface area contributed by atoms with Gasteiger partial charge in [-0.15, -0.1) is 5.10 Å². The van der Waals surface area contributed by atoms with Crippen LogP contribution in [0.15, 0.2) is 35.5 Å². The summed E-state index contributed by atoms with van der Waals surface area (Å²) in [5, 5.41) is 15.8. The van der Waals surface area contributed by atoms with E-state index in [1.54, 1.807) is 0 Å². The van der Waals surface area contributed by atoms with Crippen molar-refractivity contribution in [1.82, 2.24) is 25.5 Å². The van der Waals surface area contributed by atoms with E-state index >= 15 is 0 Å². The predicted molar refractivity (Wildman–Crippen MR) is 93.7 cm³/mol. The Hall–Kier alpha value is -1.89. The highest BCUT2D eigenvalue weighted by molar-refractivity contribution is 7.99. The minimum absolute atomic E-state index is 0.00505. The third-order valence-corrected chi connectivity index (χ3v) is 5.33. The summed E-state index contributed by atoms with van der Waals surface area (Å²) < 4.78 is 1.90. The molecule has 128 valence electrons. The molecule has 0 aliphatic heterocycles. The van der Waals surface area contributed by atoms with Crippen LogP contribution in [0.1, 0.15) is 56.7 Å². The van der Waals surface area contributed by atoms with Crippen LogP contribution < -0.4 is 5.32 Å². The van der Waals surface area contributed by atoms with Crippen LogP contribution in [0.2, 0.25) is 0 Å². The molecule has 1 aliphatic carbocycles. The van der Waals surface area contributed by atoms with Crippen molar-refractivity contribution >= 4 is 17.7 Å². The molecule has 6 nitrogen and oxygen atoms in total. The van der Waals surface area contributed by atoms with Crippen LogP contribution in [0.4, 0.5) is 0 Å².